The molecule has 0 radical (unpaired) electrons. The third-order valence-electron chi connectivity index (χ3n) is 1.38. The molecule has 1 rings (SSSR count). The molecule has 0 atom stereocenters. The van der Waals surface area contributed by atoms with Crippen LogP contribution in [0.15, 0.2) is 0 Å². The number of carbonyl (C=O) groups is 1. The molecule has 0 aliphatic heterocycles. The van der Waals surface area contributed by atoms with Crippen LogP contribution in [0.4, 0.5) is 0 Å². The molecule has 4 nitrogen and oxygen atoms in total. The van der Waals surface area contributed by atoms with E-state index in [1.807, 2.05) is 0 Å². The van der Waals surface area contributed by atoms with Crippen molar-refractivity contribution in [3.8, 4) is 6.07 Å². The zero-order valence-electron chi connectivity index (χ0n) is 6.38. The van der Waals surface area contributed by atoms with Crippen molar-refractivity contribution >= 4 is 40.8 Å². The highest BCUT2D eigenvalue weighted by Crippen LogP contribution is 2.30. The Morgan fingerprint density at radius 2 is 1.93 bits per heavy atom. The average Bonchev–Trinajstić information content (AvgIpc) is 2.10. The van der Waals surface area contributed by atoms with Gasteiger partial charge in [-0.1, -0.05) is 34.8 Å². The van der Waals surface area contributed by atoms with Crippen LogP contribution < -0.4 is 0 Å². The highest BCUT2D eigenvalue weighted by atomic mass is 35.5. The summed E-state index contributed by atoms with van der Waals surface area (Å²) in [5.74, 6) is -1.38. The Bertz CT molecular complexity index is 453. The van der Waals surface area contributed by atoms with Gasteiger partial charge < -0.3 is 5.11 Å². The molecule has 14 heavy (non-hydrogen) atoms. The second-order valence-electron chi connectivity index (χ2n) is 2.17. The van der Waals surface area contributed by atoms with Crippen LogP contribution in [0.5, 0.6) is 0 Å². The minimum atomic E-state index is -1.38. The van der Waals surface area contributed by atoms with E-state index >= 15 is 0 Å². The van der Waals surface area contributed by atoms with Crippen LogP contribution in [0, 0.1) is 11.3 Å². The molecular formula is C7HCl3N2O2. The van der Waals surface area contributed by atoms with Crippen LogP contribution >= 0.6 is 34.8 Å². The first-order valence-corrected chi connectivity index (χ1v) is 4.30. The largest absolute Gasteiger partial charge is 0.478 e. The molecule has 0 aromatic carbocycles. The fourth-order valence-electron chi connectivity index (χ4n) is 0.810. The van der Waals surface area contributed by atoms with Crippen LogP contribution in [0.25, 0.3) is 0 Å². The van der Waals surface area contributed by atoms with Crippen molar-refractivity contribution in [1.82, 2.24) is 4.98 Å². The fraction of sp³-hybridized carbons (Fsp3) is 0. The maximum absolute atomic E-state index is 10.7. The molecule has 0 aliphatic rings. The minimum absolute atomic E-state index is 0.243. The van der Waals surface area contributed by atoms with Crippen molar-refractivity contribution in [2.24, 2.45) is 0 Å². The second kappa shape index (κ2) is 4.01. The van der Waals surface area contributed by atoms with E-state index in [0.29, 0.717) is 0 Å². The van der Waals surface area contributed by atoms with E-state index < -0.39 is 11.5 Å². The van der Waals surface area contributed by atoms with E-state index in [0.717, 1.165) is 0 Å². The number of nitriles is 1. The first kappa shape index (κ1) is 11.1. The Morgan fingerprint density at radius 3 is 2.36 bits per heavy atom. The molecular weight excluding hydrogens is 250 g/mol. The number of pyridine rings is 1. The Labute approximate surface area is 93.6 Å². The standard InChI is InChI=1S/C7HCl3N2O2/c8-4-3(7(13)14)2(1-11)5(9)12-6(4)10/h(H,13,14). The summed E-state index contributed by atoms with van der Waals surface area (Å²) in [4.78, 5) is 14.2. The molecule has 0 spiro atoms. The Kier molecular flexibility index (Phi) is 3.17. The average molecular weight is 251 g/mol. The zero-order chi connectivity index (χ0) is 10.9. The van der Waals surface area contributed by atoms with E-state index in [-0.39, 0.29) is 20.9 Å². The number of aromatic nitrogens is 1. The number of aromatic carboxylic acids is 1. The van der Waals surface area contributed by atoms with Crippen molar-refractivity contribution in [3.63, 3.8) is 0 Å². The van der Waals surface area contributed by atoms with Gasteiger partial charge >= 0.3 is 5.97 Å². The number of carboxylic acids is 1. The molecule has 0 aliphatic carbocycles. The number of nitrogens with zero attached hydrogens (tertiary/aromatic N) is 2. The molecule has 0 fully saturated rings. The first-order chi connectivity index (χ1) is 6.49. The summed E-state index contributed by atoms with van der Waals surface area (Å²) in [5, 5.41) is 16.6. The Hall–Kier alpha value is -1.02. The van der Waals surface area contributed by atoms with Gasteiger partial charge in [-0.2, -0.15) is 5.26 Å². The molecule has 7 heteroatoms. The monoisotopic (exact) mass is 250 g/mol. The van der Waals surface area contributed by atoms with E-state index in [4.69, 9.17) is 45.2 Å². The predicted octanol–water partition coefficient (Wildman–Crippen LogP) is 2.61. The van der Waals surface area contributed by atoms with Crippen LogP contribution in [-0.2, 0) is 0 Å². The maximum Gasteiger partial charge on any atom is 0.338 e. The van der Waals surface area contributed by atoms with E-state index in [1.165, 1.54) is 0 Å². The summed E-state index contributed by atoms with van der Waals surface area (Å²) in [5.41, 5.74) is -0.729. The van der Waals surface area contributed by atoms with Crippen molar-refractivity contribution in [3.05, 3.63) is 26.5 Å². The first-order valence-electron chi connectivity index (χ1n) is 3.17. The number of carboxylic acid groups (broad SMARTS) is 1. The number of halogens is 3. The molecule has 1 heterocycles. The van der Waals surface area contributed by atoms with Gasteiger partial charge in [0.2, 0.25) is 0 Å². The summed E-state index contributed by atoms with van der Waals surface area (Å²) in [6.45, 7) is 0. The molecule has 0 unspecified atom stereocenters. The number of hydrogen-bond donors (Lipinski definition) is 1. The van der Waals surface area contributed by atoms with Gasteiger partial charge in [0, 0.05) is 0 Å². The van der Waals surface area contributed by atoms with Crippen LogP contribution in [-0.4, -0.2) is 16.1 Å². The predicted molar refractivity (Wildman–Crippen MR) is 50.9 cm³/mol. The van der Waals surface area contributed by atoms with Gasteiger partial charge in [-0.3, -0.25) is 0 Å². The molecule has 0 saturated heterocycles. The quantitative estimate of drug-likeness (QED) is 0.779. The zero-order valence-corrected chi connectivity index (χ0v) is 8.65. The third-order valence-corrected chi connectivity index (χ3v) is 2.39. The lowest BCUT2D eigenvalue weighted by atomic mass is 10.1. The van der Waals surface area contributed by atoms with Crippen molar-refractivity contribution in [2.45, 2.75) is 0 Å². The van der Waals surface area contributed by atoms with Gasteiger partial charge in [0.25, 0.3) is 0 Å². The topological polar surface area (TPSA) is 74.0 Å². The number of rotatable bonds is 1. The van der Waals surface area contributed by atoms with Gasteiger partial charge in [0.1, 0.15) is 27.5 Å². The molecule has 0 saturated carbocycles. The summed E-state index contributed by atoms with van der Waals surface area (Å²) < 4.78 is 0. The highest BCUT2D eigenvalue weighted by molar-refractivity contribution is 6.44. The van der Waals surface area contributed by atoms with E-state index in [9.17, 15) is 4.79 Å². The third kappa shape index (κ3) is 1.75. The maximum atomic E-state index is 10.7. The van der Waals surface area contributed by atoms with Gasteiger partial charge in [-0.25, -0.2) is 9.78 Å². The van der Waals surface area contributed by atoms with E-state index in [2.05, 4.69) is 4.98 Å². The smallest absolute Gasteiger partial charge is 0.338 e. The fourth-order valence-corrected chi connectivity index (χ4v) is 1.47. The van der Waals surface area contributed by atoms with Crippen molar-refractivity contribution in [2.75, 3.05) is 0 Å². The summed E-state index contributed by atoms with van der Waals surface area (Å²) in [7, 11) is 0. The Morgan fingerprint density at radius 1 is 1.36 bits per heavy atom. The Balaban J connectivity index is 3.67. The van der Waals surface area contributed by atoms with Gasteiger partial charge in [0.05, 0.1) is 5.02 Å². The van der Waals surface area contributed by atoms with Gasteiger partial charge in [-0.05, 0) is 0 Å². The lowest BCUT2D eigenvalue weighted by Gasteiger charge is -2.03. The van der Waals surface area contributed by atoms with Crippen molar-refractivity contribution in [1.29, 1.82) is 5.26 Å². The van der Waals surface area contributed by atoms with Gasteiger partial charge in [0.15, 0.2) is 0 Å². The van der Waals surface area contributed by atoms with E-state index in [1.54, 1.807) is 6.07 Å². The summed E-state index contributed by atoms with van der Waals surface area (Å²) >= 11 is 16.6. The molecule has 0 bridgehead atoms. The second-order valence-corrected chi connectivity index (χ2v) is 3.27. The van der Waals surface area contributed by atoms with Crippen LogP contribution in [0.3, 0.4) is 0 Å². The molecule has 1 N–H and O–H groups in total. The summed E-state index contributed by atoms with van der Waals surface area (Å²) in [6, 6.07) is 1.59. The molecule has 1 aromatic rings. The lowest BCUT2D eigenvalue weighted by molar-refractivity contribution is 0.0696. The number of hydrogen-bond acceptors (Lipinski definition) is 3. The minimum Gasteiger partial charge on any atom is -0.478 e. The van der Waals surface area contributed by atoms with Crippen LogP contribution in [0.2, 0.25) is 15.3 Å². The van der Waals surface area contributed by atoms with Crippen molar-refractivity contribution < 1.29 is 9.90 Å². The van der Waals surface area contributed by atoms with Crippen LogP contribution in [0.1, 0.15) is 15.9 Å². The van der Waals surface area contributed by atoms with Gasteiger partial charge in [-0.15, -0.1) is 0 Å². The molecule has 1 aromatic heterocycles. The molecule has 72 valence electrons. The molecule has 0 amide bonds. The normalized spacial score (nSPS) is 9.57. The SMILES string of the molecule is N#Cc1c(Cl)nc(Cl)c(Cl)c1C(=O)O. The summed E-state index contributed by atoms with van der Waals surface area (Å²) in [6.07, 6.45) is 0. The lowest BCUT2D eigenvalue weighted by Crippen LogP contribution is -2.04. The highest BCUT2D eigenvalue weighted by Gasteiger charge is 2.21.